The number of rotatable bonds is 4. The van der Waals surface area contributed by atoms with Gasteiger partial charge in [0, 0.05) is 11.3 Å². The molecule has 1 heterocycles. The van der Waals surface area contributed by atoms with Crippen LogP contribution < -0.4 is 10.0 Å². The van der Waals surface area contributed by atoms with Gasteiger partial charge in [-0.3, -0.25) is 4.79 Å². The SMILES string of the molecule is CNS(=O)(=O)c1cc(NC(=O)c2c(C)oc(C)c2C)ccc1C. The summed E-state index contributed by atoms with van der Waals surface area (Å²) < 4.78 is 31.7. The van der Waals surface area contributed by atoms with Gasteiger partial charge in [0.05, 0.1) is 10.5 Å². The molecule has 0 aliphatic heterocycles. The summed E-state index contributed by atoms with van der Waals surface area (Å²) in [6.07, 6.45) is 0. The van der Waals surface area contributed by atoms with Crippen LogP contribution in [0.2, 0.25) is 0 Å². The Morgan fingerprint density at radius 1 is 1.09 bits per heavy atom. The lowest BCUT2D eigenvalue weighted by molar-refractivity contribution is 0.102. The van der Waals surface area contributed by atoms with Crippen molar-refractivity contribution in [1.29, 1.82) is 0 Å². The number of amides is 1. The summed E-state index contributed by atoms with van der Waals surface area (Å²) in [6.45, 7) is 7.03. The van der Waals surface area contributed by atoms with E-state index in [9.17, 15) is 13.2 Å². The van der Waals surface area contributed by atoms with E-state index in [4.69, 9.17) is 4.42 Å². The molecule has 0 bridgehead atoms. The van der Waals surface area contributed by atoms with Crippen LogP contribution in [-0.2, 0) is 10.0 Å². The minimum atomic E-state index is -3.58. The van der Waals surface area contributed by atoms with Crippen LogP contribution in [0.15, 0.2) is 27.5 Å². The minimum absolute atomic E-state index is 0.134. The lowest BCUT2D eigenvalue weighted by Crippen LogP contribution is -2.20. The van der Waals surface area contributed by atoms with Crippen molar-refractivity contribution in [2.75, 3.05) is 12.4 Å². The fourth-order valence-electron chi connectivity index (χ4n) is 2.40. The third-order valence-corrected chi connectivity index (χ3v) is 5.35. The van der Waals surface area contributed by atoms with Gasteiger partial charge in [0.15, 0.2) is 0 Å². The van der Waals surface area contributed by atoms with Gasteiger partial charge >= 0.3 is 0 Å². The first kappa shape index (κ1) is 17.2. The zero-order valence-electron chi connectivity index (χ0n) is 13.8. The van der Waals surface area contributed by atoms with Crippen LogP contribution in [0, 0.1) is 27.7 Å². The molecular weight excluding hydrogens is 316 g/mol. The quantitative estimate of drug-likeness (QED) is 0.898. The zero-order chi connectivity index (χ0) is 17.4. The van der Waals surface area contributed by atoms with Crippen molar-refractivity contribution >= 4 is 21.6 Å². The summed E-state index contributed by atoms with van der Waals surface area (Å²) in [7, 11) is -2.24. The van der Waals surface area contributed by atoms with E-state index in [0.29, 0.717) is 28.3 Å². The highest BCUT2D eigenvalue weighted by atomic mass is 32.2. The molecule has 0 aliphatic rings. The summed E-state index contributed by atoms with van der Waals surface area (Å²) in [4.78, 5) is 12.6. The van der Waals surface area contributed by atoms with E-state index >= 15 is 0 Å². The molecule has 2 rings (SSSR count). The number of benzene rings is 1. The molecule has 7 heteroatoms. The van der Waals surface area contributed by atoms with E-state index in [1.54, 1.807) is 32.9 Å². The summed E-state index contributed by atoms with van der Waals surface area (Å²) in [5.74, 6) is 0.899. The molecule has 0 spiro atoms. The number of hydrogen-bond acceptors (Lipinski definition) is 4. The van der Waals surface area contributed by atoms with Crippen molar-refractivity contribution in [3.63, 3.8) is 0 Å². The van der Waals surface area contributed by atoms with Gasteiger partial charge in [-0.2, -0.15) is 0 Å². The highest BCUT2D eigenvalue weighted by molar-refractivity contribution is 7.89. The van der Waals surface area contributed by atoms with E-state index in [2.05, 4.69) is 10.0 Å². The highest BCUT2D eigenvalue weighted by Crippen LogP contribution is 2.24. The third-order valence-electron chi connectivity index (χ3n) is 3.79. The minimum Gasteiger partial charge on any atom is -0.466 e. The Labute approximate surface area is 135 Å². The van der Waals surface area contributed by atoms with Crippen LogP contribution in [0.4, 0.5) is 5.69 Å². The number of hydrogen-bond donors (Lipinski definition) is 2. The van der Waals surface area contributed by atoms with Crippen molar-refractivity contribution in [3.8, 4) is 0 Å². The molecule has 23 heavy (non-hydrogen) atoms. The first-order valence-electron chi connectivity index (χ1n) is 7.09. The molecular formula is C16H20N2O4S. The molecule has 0 radical (unpaired) electrons. The average molecular weight is 336 g/mol. The number of aryl methyl sites for hydroxylation is 3. The monoisotopic (exact) mass is 336 g/mol. The number of furan rings is 1. The maximum Gasteiger partial charge on any atom is 0.259 e. The number of sulfonamides is 1. The summed E-state index contributed by atoms with van der Waals surface area (Å²) in [5, 5.41) is 2.73. The van der Waals surface area contributed by atoms with E-state index in [1.807, 2.05) is 6.92 Å². The van der Waals surface area contributed by atoms with Gasteiger partial charge in [0.1, 0.15) is 11.5 Å². The normalized spacial score (nSPS) is 11.5. The summed E-state index contributed by atoms with van der Waals surface area (Å²) >= 11 is 0. The van der Waals surface area contributed by atoms with Crippen molar-refractivity contribution < 1.29 is 17.6 Å². The molecule has 0 unspecified atom stereocenters. The Balaban J connectivity index is 2.38. The van der Waals surface area contributed by atoms with Crippen molar-refractivity contribution in [2.45, 2.75) is 32.6 Å². The second-order valence-corrected chi connectivity index (χ2v) is 7.21. The molecule has 0 saturated heterocycles. The van der Waals surface area contributed by atoms with Gasteiger partial charge in [0.2, 0.25) is 10.0 Å². The molecule has 1 aromatic carbocycles. The maximum atomic E-state index is 12.4. The van der Waals surface area contributed by atoms with Crippen LogP contribution >= 0.6 is 0 Å². The van der Waals surface area contributed by atoms with Crippen LogP contribution in [0.1, 0.15) is 33.0 Å². The summed E-state index contributed by atoms with van der Waals surface area (Å²) in [5.41, 5.74) is 2.26. The first-order valence-corrected chi connectivity index (χ1v) is 8.58. The second-order valence-electron chi connectivity index (χ2n) is 5.36. The topological polar surface area (TPSA) is 88.4 Å². The molecule has 0 saturated carbocycles. The molecule has 0 aliphatic carbocycles. The smallest absolute Gasteiger partial charge is 0.259 e. The Hall–Kier alpha value is -2.12. The van der Waals surface area contributed by atoms with Crippen molar-refractivity contribution in [2.24, 2.45) is 0 Å². The Morgan fingerprint density at radius 2 is 1.74 bits per heavy atom. The fraction of sp³-hybridized carbons (Fsp3) is 0.312. The standard InChI is InChI=1S/C16H20N2O4S/c1-9-6-7-13(8-14(9)23(20,21)17-5)18-16(19)15-10(2)11(3)22-12(15)4/h6-8,17H,1-5H3,(H,18,19). The zero-order valence-corrected chi connectivity index (χ0v) is 14.6. The molecule has 124 valence electrons. The maximum absolute atomic E-state index is 12.4. The van der Waals surface area contributed by atoms with E-state index < -0.39 is 10.0 Å². The molecule has 0 atom stereocenters. The lowest BCUT2D eigenvalue weighted by Gasteiger charge is -2.10. The third kappa shape index (κ3) is 3.30. The fourth-order valence-corrected chi connectivity index (χ4v) is 3.39. The van der Waals surface area contributed by atoms with Crippen LogP contribution in [0.5, 0.6) is 0 Å². The van der Waals surface area contributed by atoms with Gasteiger partial charge in [-0.25, -0.2) is 13.1 Å². The Kier molecular flexibility index (Phi) is 4.63. The van der Waals surface area contributed by atoms with Crippen LogP contribution in [0.3, 0.4) is 0 Å². The van der Waals surface area contributed by atoms with Crippen molar-refractivity contribution in [1.82, 2.24) is 4.72 Å². The van der Waals surface area contributed by atoms with Gasteiger partial charge in [0.25, 0.3) is 5.91 Å². The van der Waals surface area contributed by atoms with Gasteiger partial charge < -0.3 is 9.73 Å². The molecule has 2 aromatic rings. The van der Waals surface area contributed by atoms with Gasteiger partial charge in [-0.1, -0.05) is 6.07 Å². The lowest BCUT2D eigenvalue weighted by atomic mass is 10.1. The second kappa shape index (κ2) is 6.17. The molecule has 2 N–H and O–H groups in total. The highest BCUT2D eigenvalue weighted by Gasteiger charge is 2.20. The van der Waals surface area contributed by atoms with Crippen LogP contribution in [0.25, 0.3) is 0 Å². The molecule has 1 amide bonds. The van der Waals surface area contributed by atoms with Crippen LogP contribution in [-0.4, -0.2) is 21.4 Å². The van der Waals surface area contributed by atoms with E-state index in [-0.39, 0.29) is 10.8 Å². The Morgan fingerprint density at radius 3 is 2.26 bits per heavy atom. The predicted octanol–water partition coefficient (Wildman–Crippen LogP) is 2.67. The number of carbonyl (C=O) groups excluding carboxylic acids is 1. The number of nitrogens with one attached hydrogen (secondary N) is 2. The van der Waals surface area contributed by atoms with E-state index in [0.717, 1.165) is 5.56 Å². The molecule has 0 fully saturated rings. The van der Waals surface area contributed by atoms with Crippen molar-refractivity contribution in [3.05, 3.63) is 46.4 Å². The molecule has 1 aromatic heterocycles. The number of anilines is 1. The average Bonchev–Trinajstić information content (AvgIpc) is 2.74. The first-order chi connectivity index (χ1) is 10.7. The number of carbonyl (C=O) groups is 1. The predicted molar refractivity (Wildman–Crippen MR) is 88.3 cm³/mol. The van der Waals surface area contributed by atoms with Gasteiger partial charge in [-0.05, 0) is 52.4 Å². The largest absolute Gasteiger partial charge is 0.466 e. The van der Waals surface area contributed by atoms with Gasteiger partial charge in [-0.15, -0.1) is 0 Å². The summed E-state index contributed by atoms with van der Waals surface area (Å²) in [6, 6.07) is 4.76. The molecule has 6 nitrogen and oxygen atoms in total. The van der Waals surface area contributed by atoms with E-state index in [1.165, 1.54) is 13.1 Å². The Bertz CT molecular complexity index is 866.